The van der Waals surface area contributed by atoms with Crippen LogP contribution < -0.4 is 5.32 Å². The Bertz CT molecular complexity index is 1280. The minimum atomic E-state index is 0.520. The molecule has 2 aliphatic rings. The van der Waals surface area contributed by atoms with E-state index in [1.165, 1.54) is 46.2 Å². The van der Waals surface area contributed by atoms with Gasteiger partial charge in [0.05, 0.1) is 0 Å². The van der Waals surface area contributed by atoms with Crippen molar-refractivity contribution in [3.63, 3.8) is 0 Å². The third-order valence-electron chi connectivity index (χ3n) is 8.50. The normalized spacial score (nSPS) is 18.8. The molecule has 1 unspecified atom stereocenters. The van der Waals surface area contributed by atoms with Crippen molar-refractivity contribution in [2.24, 2.45) is 5.92 Å². The van der Waals surface area contributed by atoms with Gasteiger partial charge in [-0.25, -0.2) is 0 Å². The lowest BCUT2D eigenvalue weighted by Crippen LogP contribution is -2.32. The summed E-state index contributed by atoms with van der Waals surface area (Å²) in [5.41, 5.74) is 11.7. The zero-order chi connectivity index (χ0) is 26.5. The Labute approximate surface area is 229 Å². The first-order chi connectivity index (χ1) is 18.5. The Morgan fingerprint density at radius 1 is 0.895 bits per heavy atom. The topological polar surface area (TPSA) is 15.3 Å². The minimum absolute atomic E-state index is 0.520. The lowest BCUT2D eigenvalue weighted by molar-refractivity contribution is 0.204. The second-order valence-electron chi connectivity index (χ2n) is 11.3. The van der Waals surface area contributed by atoms with Crippen molar-refractivity contribution in [2.75, 3.05) is 13.1 Å². The number of nitrogens with zero attached hydrogens (tertiary/aromatic N) is 1. The van der Waals surface area contributed by atoms with Gasteiger partial charge in [-0.3, -0.25) is 4.90 Å². The molecule has 0 radical (unpaired) electrons. The summed E-state index contributed by atoms with van der Waals surface area (Å²) in [6.07, 6.45) is 6.85. The molecular formula is C36H42N2. The van der Waals surface area contributed by atoms with E-state index in [0.29, 0.717) is 11.8 Å². The maximum atomic E-state index is 4.27. The second kappa shape index (κ2) is 12.0. The molecule has 3 aromatic carbocycles. The third kappa shape index (κ3) is 6.37. The molecule has 1 N–H and O–H groups in total. The van der Waals surface area contributed by atoms with Crippen molar-refractivity contribution in [2.45, 2.75) is 57.9 Å². The Balaban J connectivity index is 1.18. The smallest absolute Gasteiger partial charge is 0.0233 e. The molecule has 2 fully saturated rings. The first kappa shape index (κ1) is 26.3. The van der Waals surface area contributed by atoms with Crippen LogP contribution in [0.4, 0.5) is 0 Å². The molecule has 0 spiro atoms. The summed E-state index contributed by atoms with van der Waals surface area (Å²) in [6.45, 7) is 18.1. The number of likely N-dealkylation sites (tertiary alicyclic amines) is 1. The summed E-state index contributed by atoms with van der Waals surface area (Å²) in [5.74, 6) is 1.16. The van der Waals surface area contributed by atoms with E-state index < -0.39 is 0 Å². The van der Waals surface area contributed by atoms with Crippen LogP contribution in [-0.2, 0) is 13.0 Å². The zero-order valence-corrected chi connectivity index (χ0v) is 23.0. The van der Waals surface area contributed by atoms with Gasteiger partial charge in [0.2, 0.25) is 0 Å². The maximum Gasteiger partial charge on any atom is 0.0233 e. The monoisotopic (exact) mass is 502 g/mol. The van der Waals surface area contributed by atoms with Crippen molar-refractivity contribution in [3.05, 3.63) is 126 Å². The summed E-state index contributed by atoms with van der Waals surface area (Å²) < 4.78 is 0. The van der Waals surface area contributed by atoms with Crippen LogP contribution in [0.5, 0.6) is 0 Å². The van der Waals surface area contributed by atoms with Crippen molar-refractivity contribution in [1.82, 2.24) is 10.2 Å². The molecule has 0 bridgehead atoms. The molecule has 38 heavy (non-hydrogen) atoms. The van der Waals surface area contributed by atoms with E-state index in [9.17, 15) is 0 Å². The predicted molar refractivity (Wildman–Crippen MR) is 163 cm³/mol. The standard InChI is InChI=1S/C36H42N2/c1-26(2)36-19-18-34(24-35(36)17-16-30-13-10-27(3)37-28(30)4)33-20-22-38(23-21-33)25-29-11-14-32(15-12-29)31-8-6-5-7-9-31/h5-9,11-12,14-15,18-19,24,30,33,37H,1,3-4,10,13,16-17,20-23,25H2,2H3. The van der Waals surface area contributed by atoms with E-state index >= 15 is 0 Å². The van der Waals surface area contributed by atoms with Gasteiger partial charge in [-0.05, 0) is 104 Å². The molecule has 5 rings (SSSR count). The fourth-order valence-electron chi connectivity index (χ4n) is 6.17. The summed E-state index contributed by atoms with van der Waals surface area (Å²) >= 11 is 0. The number of piperidine rings is 2. The van der Waals surface area contributed by atoms with E-state index in [4.69, 9.17) is 0 Å². The van der Waals surface area contributed by atoms with Gasteiger partial charge in [0.15, 0.2) is 0 Å². The van der Waals surface area contributed by atoms with Gasteiger partial charge in [-0.15, -0.1) is 0 Å². The molecule has 0 aliphatic carbocycles. The highest BCUT2D eigenvalue weighted by atomic mass is 15.1. The van der Waals surface area contributed by atoms with E-state index in [-0.39, 0.29) is 0 Å². The number of benzene rings is 3. The summed E-state index contributed by atoms with van der Waals surface area (Å²) in [6, 6.07) is 26.9. The minimum Gasteiger partial charge on any atom is -0.363 e. The highest BCUT2D eigenvalue weighted by molar-refractivity contribution is 5.65. The van der Waals surface area contributed by atoms with Crippen LogP contribution >= 0.6 is 0 Å². The Kier molecular flexibility index (Phi) is 8.29. The quantitative estimate of drug-likeness (QED) is 0.331. The molecule has 1 atom stereocenters. The number of hydrogen-bond donors (Lipinski definition) is 1. The largest absolute Gasteiger partial charge is 0.363 e. The molecular weight excluding hydrogens is 460 g/mol. The highest BCUT2D eigenvalue weighted by Gasteiger charge is 2.23. The fourth-order valence-corrected chi connectivity index (χ4v) is 6.17. The second-order valence-corrected chi connectivity index (χ2v) is 11.3. The Morgan fingerprint density at radius 3 is 2.29 bits per heavy atom. The van der Waals surface area contributed by atoms with Gasteiger partial charge >= 0.3 is 0 Å². The highest BCUT2D eigenvalue weighted by Crippen LogP contribution is 2.33. The van der Waals surface area contributed by atoms with Gasteiger partial charge in [0.1, 0.15) is 0 Å². The van der Waals surface area contributed by atoms with Crippen molar-refractivity contribution < 1.29 is 0 Å². The molecule has 0 amide bonds. The lowest BCUT2D eigenvalue weighted by atomic mass is 9.84. The molecule has 2 saturated heterocycles. The number of allylic oxidation sites excluding steroid dienone is 3. The molecule has 2 aliphatic heterocycles. The van der Waals surface area contributed by atoms with Gasteiger partial charge in [0, 0.05) is 17.9 Å². The van der Waals surface area contributed by atoms with Crippen molar-refractivity contribution in [3.8, 4) is 11.1 Å². The van der Waals surface area contributed by atoms with Crippen molar-refractivity contribution >= 4 is 5.57 Å². The molecule has 2 heterocycles. The van der Waals surface area contributed by atoms with E-state index in [1.54, 1.807) is 0 Å². The van der Waals surface area contributed by atoms with Crippen molar-refractivity contribution in [1.29, 1.82) is 0 Å². The molecule has 2 nitrogen and oxygen atoms in total. The molecule has 0 aromatic heterocycles. The van der Waals surface area contributed by atoms with Crippen LogP contribution in [0.15, 0.2) is 104 Å². The average molecular weight is 503 g/mol. The van der Waals surface area contributed by atoms with Gasteiger partial charge in [-0.1, -0.05) is 98.1 Å². The molecule has 3 aromatic rings. The number of aryl methyl sites for hydroxylation is 1. The third-order valence-corrected chi connectivity index (χ3v) is 8.50. The number of nitrogens with one attached hydrogen (secondary N) is 1. The fraction of sp³-hybridized carbons (Fsp3) is 0.333. The first-order valence-electron chi connectivity index (χ1n) is 14.3. The molecule has 196 valence electrons. The SMILES string of the molecule is C=C1CCC(CCc2cc(C3CCN(Cc4ccc(-c5ccccc5)cc4)CC3)ccc2C(=C)C)C(=C)N1. The van der Waals surface area contributed by atoms with Crippen LogP contribution in [0, 0.1) is 5.92 Å². The van der Waals surface area contributed by atoms with Crippen LogP contribution in [-0.4, -0.2) is 18.0 Å². The number of rotatable bonds is 8. The lowest BCUT2D eigenvalue weighted by Gasteiger charge is -2.32. The zero-order valence-electron chi connectivity index (χ0n) is 23.0. The Hall–Kier alpha value is -3.36. The molecule has 2 heteroatoms. The molecule has 0 saturated carbocycles. The van der Waals surface area contributed by atoms with Gasteiger partial charge in [-0.2, -0.15) is 0 Å². The van der Waals surface area contributed by atoms with E-state index in [1.807, 2.05) is 0 Å². The van der Waals surface area contributed by atoms with Crippen LogP contribution in [0.25, 0.3) is 16.7 Å². The summed E-state index contributed by atoms with van der Waals surface area (Å²) in [5, 5.41) is 3.39. The van der Waals surface area contributed by atoms with Gasteiger partial charge < -0.3 is 5.32 Å². The maximum absolute atomic E-state index is 4.27. The van der Waals surface area contributed by atoms with Crippen LogP contribution in [0.2, 0.25) is 0 Å². The first-order valence-corrected chi connectivity index (χ1v) is 14.3. The van der Waals surface area contributed by atoms with Crippen LogP contribution in [0.1, 0.15) is 67.2 Å². The summed E-state index contributed by atoms with van der Waals surface area (Å²) in [7, 11) is 0. The average Bonchev–Trinajstić information content (AvgIpc) is 2.94. The van der Waals surface area contributed by atoms with Crippen LogP contribution in [0.3, 0.4) is 0 Å². The Morgan fingerprint density at radius 2 is 1.61 bits per heavy atom. The van der Waals surface area contributed by atoms with E-state index in [0.717, 1.165) is 62.3 Å². The predicted octanol–water partition coefficient (Wildman–Crippen LogP) is 8.73. The summed E-state index contributed by atoms with van der Waals surface area (Å²) in [4.78, 5) is 2.62. The van der Waals surface area contributed by atoms with Gasteiger partial charge in [0.25, 0.3) is 0 Å². The van der Waals surface area contributed by atoms with E-state index in [2.05, 4.69) is 110 Å². The number of hydrogen-bond acceptors (Lipinski definition) is 2.